The van der Waals surface area contributed by atoms with Crippen LogP contribution < -0.4 is 10.4 Å². The van der Waals surface area contributed by atoms with Gasteiger partial charge < -0.3 is 9.97 Å². The molecule has 0 N–H and O–H groups in total. The van der Waals surface area contributed by atoms with E-state index in [0.717, 1.165) is 28.1 Å². The van der Waals surface area contributed by atoms with Crippen molar-refractivity contribution in [2.24, 2.45) is 0 Å². The minimum atomic E-state index is -1.52. The number of fused-ring (bicyclic) bond motifs is 3. The van der Waals surface area contributed by atoms with Crippen LogP contribution in [0.5, 0.6) is 0 Å². The Balaban J connectivity index is 0.000000223. The zero-order valence-corrected chi connectivity index (χ0v) is 31.5. The number of thiophene rings is 1. The van der Waals surface area contributed by atoms with Gasteiger partial charge >= 0.3 is 0 Å². The number of benzene rings is 3. The number of hydrogen-bond donors (Lipinski definition) is 0. The predicted octanol–water partition coefficient (Wildman–Crippen LogP) is 9.68. The maximum absolute atomic E-state index is 8.37. The third-order valence-corrected chi connectivity index (χ3v) is 12.7. The van der Waals surface area contributed by atoms with Crippen molar-refractivity contribution in [3.05, 3.63) is 109 Å². The standard InChI is InChI=1S/C23H24NSSi.C14H16NSi.Ir/c1-15(2)16-12-13-24-19(14-16)17-10-11-21(26(3,4)5)22-18-8-6-7-9-20(18)25-23(17)22;1-16(2,3)13-9-10-14(15-11-13)12-7-5-4-6-8-12;/h6-9,11-15H,1-5H3;4-7,9-11H,1-3H3;/q2*-1;/i15D;;. The molecule has 3 aromatic heterocycles. The summed E-state index contributed by atoms with van der Waals surface area (Å²) in [6.07, 6.45) is 3.84. The van der Waals surface area contributed by atoms with Crippen LogP contribution in [-0.4, -0.2) is 26.1 Å². The summed E-state index contributed by atoms with van der Waals surface area (Å²) in [7, 11) is -2.75. The topological polar surface area (TPSA) is 25.8 Å². The van der Waals surface area contributed by atoms with Crippen LogP contribution >= 0.6 is 11.3 Å². The largest absolute Gasteiger partial charge is 0.305 e. The van der Waals surface area contributed by atoms with Crippen LogP contribution in [0.25, 0.3) is 42.7 Å². The molecule has 3 aromatic carbocycles. The Morgan fingerprint density at radius 1 is 0.814 bits per heavy atom. The van der Waals surface area contributed by atoms with Gasteiger partial charge in [0, 0.05) is 46.6 Å². The summed E-state index contributed by atoms with van der Waals surface area (Å²) >= 11 is 1.83. The van der Waals surface area contributed by atoms with Gasteiger partial charge in [-0.2, -0.15) is 11.3 Å². The molecule has 43 heavy (non-hydrogen) atoms. The van der Waals surface area contributed by atoms with E-state index in [1.807, 2.05) is 67.9 Å². The van der Waals surface area contributed by atoms with Gasteiger partial charge in [-0.25, -0.2) is 0 Å². The van der Waals surface area contributed by atoms with Gasteiger partial charge in [0.2, 0.25) is 0 Å². The van der Waals surface area contributed by atoms with Gasteiger partial charge in [0.15, 0.2) is 0 Å². The first-order chi connectivity index (χ1) is 20.2. The fourth-order valence-corrected chi connectivity index (χ4v) is 8.86. The molecule has 6 rings (SSSR count). The van der Waals surface area contributed by atoms with E-state index >= 15 is 0 Å². The SMILES string of the molecule is C[Si](C)(C)c1ccc(-c2[c-]cccc2)nc1.[2H]C(C)(C)c1ccnc(-c2[c-]cc([Si](C)(C)C)c3c2sc2ccccc23)c1.[Ir]. The summed E-state index contributed by atoms with van der Waals surface area (Å²) in [4.78, 5) is 9.16. The van der Waals surface area contributed by atoms with Gasteiger partial charge in [0.25, 0.3) is 0 Å². The summed E-state index contributed by atoms with van der Waals surface area (Å²) in [6, 6.07) is 33.9. The van der Waals surface area contributed by atoms with E-state index in [1.54, 1.807) is 0 Å². The quantitative estimate of drug-likeness (QED) is 0.128. The van der Waals surface area contributed by atoms with Crippen LogP contribution in [0.3, 0.4) is 0 Å². The Kier molecular flexibility index (Phi) is 9.94. The molecule has 223 valence electrons. The molecular formula is C37H40IrN2SSi2-2. The summed E-state index contributed by atoms with van der Waals surface area (Å²) in [5.74, 6) is -0.644. The smallest absolute Gasteiger partial charge is 0.0795 e. The van der Waals surface area contributed by atoms with Gasteiger partial charge in [-0.15, -0.1) is 58.8 Å². The average Bonchev–Trinajstić information content (AvgIpc) is 3.36. The molecule has 1 radical (unpaired) electrons. The number of nitrogens with zero attached hydrogens (tertiary/aromatic N) is 2. The van der Waals surface area contributed by atoms with Crippen molar-refractivity contribution in [3.8, 4) is 22.5 Å². The summed E-state index contributed by atoms with van der Waals surface area (Å²) in [6.45, 7) is 18.0. The molecule has 3 heterocycles. The molecule has 0 spiro atoms. The van der Waals surface area contributed by atoms with Crippen molar-refractivity contribution in [1.82, 2.24) is 9.97 Å². The van der Waals surface area contributed by atoms with Crippen LogP contribution in [0, 0.1) is 12.1 Å². The Hall–Kier alpha value is -2.74. The van der Waals surface area contributed by atoms with Crippen molar-refractivity contribution in [1.29, 1.82) is 0 Å². The Bertz CT molecular complexity index is 1870. The first-order valence-electron chi connectivity index (χ1n) is 15.0. The van der Waals surface area contributed by atoms with Crippen LogP contribution in [0.15, 0.2) is 91.3 Å². The van der Waals surface area contributed by atoms with Crippen molar-refractivity contribution in [2.45, 2.75) is 59.0 Å². The third-order valence-electron chi connectivity index (χ3n) is 7.47. The average molecular weight is 794 g/mol. The minimum Gasteiger partial charge on any atom is -0.305 e. The van der Waals surface area contributed by atoms with E-state index in [-0.39, 0.29) is 20.1 Å². The van der Waals surface area contributed by atoms with E-state index in [1.165, 1.54) is 30.5 Å². The second-order valence-electron chi connectivity index (χ2n) is 13.0. The molecule has 6 aromatic rings. The first kappa shape index (κ1) is 31.7. The van der Waals surface area contributed by atoms with E-state index < -0.39 is 22.0 Å². The first-order valence-corrected chi connectivity index (χ1v) is 22.3. The summed E-state index contributed by atoms with van der Waals surface area (Å²) in [5, 5.41) is 5.56. The molecule has 2 nitrogen and oxygen atoms in total. The van der Waals surface area contributed by atoms with Crippen LogP contribution in [-0.2, 0) is 20.1 Å². The van der Waals surface area contributed by atoms with Crippen LogP contribution in [0.4, 0.5) is 0 Å². The Labute approximate surface area is 278 Å². The van der Waals surface area contributed by atoms with Crippen molar-refractivity contribution < 1.29 is 21.5 Å². The van der Waals surface area contributed by atoms with Crippen LogP contribution in [0.1, 0.15) is 26.7 Å². The molecule has 0 saturated carbocycles. The normalized spacial score (nSPS) is 12.3. The molecule has 0 aliphatic rings. The zero-order chi connectivity index (χ0) is 31.0. The Morgan fingerprint density at radius 2 is 1.56 bits per heavy atom. The minimum absolute atomic E-state index is 0. The molecule has 0 unspecified atom stereocenters. The molecule has 6 heteroatoms. The summed E-state index contributed by atoms with van der Waals surface area (Å²) < 4.78 is 10.9. The molecule has 0 atom stereocenters. The molecule has 0 bridgehead atoms. The van der Waals surface area contributed by atoms with Gasteiger partial charge in [-0.05, 0) is 44.7 Å². The second kappa shape index (κ2) is 13.5. The maximum atomic E-state index is 8.37. The third kappa shape index (κ3) is 7.50. The molecule has 0 amide bonds. The molecule has 0 aliphatic heterocycles. The fraction of sp³-hybridized carbons (Fsp3) is 0.243. The number of pyridine rings is 2. The van der Waals surface area contributed by atoms with Crippen molar-refractivity contribution in [2.75, 3.05) is 0 Å². The van der Waals surface area contributed by atoms with E-state index in [9.17, 15) is 0 Å². The van der Waals surface area contributed by atoms with E-state index in [0.29, 0.717) is 0 Å². The van der Waals surface area contributed by atoms with E-state index in [4.69, 9.17) is 1.37 Å². The van der Waals surface area contributed by atoms with E-state index in [2.05, 4.69) is 110 Å². The maximum Gasteiger partial charge on any atom is 0.0795 e. The van der Waals surface area contributed by atoms with Gasteiger partial charge in [0.1, 0.15) is 0 Å². The monoisotopic (exact) mass is 794 g/mol. The van der Waals surface area contributed by atoms with Gasteiger partial charge in [-0.1, -0.05) is 100 Å². The van der Waals surface area contributed by atoms with Gasteiger partial charge in [-0.3, -0.25) is 0 Å². The fourth-order valence-electron chi connectivity index (χ4n) is 4.98. The Morgan fingerprint density at radius 3 is 2.19 bits per heavy atom. The second-order valence-corrected chi connectivity index (χ2v) is 24.2. The van der Waals surface area contributed by atoms with Crippen LogP contribution in [0.2, 0.25) is 39.3 Å². The van der Waals surface area contributed by atoms with Gasteiger partial charge in [0.05, 0.1) is 8.07 Å². The molecule has 0 aliphatic carbocycles. The predicted molar refractivity (Wildman–Crippen MR) is 190 cm³/mol. The number of rotatable bonds is 5. The zero-order valence-electron chi connectivity index (χ0n) is 27.3. The molecule has 0 saturated heterocycles. The van der Waals surface area contributed by atoms with Crippen molar-refractivity contribution >= 4 is 58.0 Å². The summed E-state index contributed by atoms with van der Waals surface area (Å²) in [5.41, 5.74) is 5.00. The molecular weight excluding hydrogens is 753 g/mol. The molecule has 0 fully saturated rings. The van der Waals surface area contributed by atoms with Crippen molar-refractivity contribution in [3.63, 3.8) is 0 Å². The number of aromatic nitrogens is 2. The number of hydrogen-bond acceptors (Lipinski definition) is 3.